The van der Waals surface area contributed by atoms with Crippen LogP contribution in [0.15, 0.2) is 90.0 Å². The van der Waals surface area contributed by atoms with Crippen LogP contribution in [0, 0.1) is 11.3 Å². The second-order valence-corrected chi connectivity index (χ2v) is 11.0. The molecule has 10 heteroatoms. The number of aromatic nitrogens is 1. The number of thioether (sulfide) groups is 1. The highest BCUT2D eigenvalue weighted by atomic mass is 32.2. The summed E-state index contributed by atoms with van der Waals surface area (Å²) in [5.74, 6) is -0.846. The van der Waals surface area contributed by atoms with Gasteiger partial charge in [-0.3, -0.25) is 9.59 Å². The van der Waals surface area contributed by atoms with Crippen LogP contribution in [0.5, 0.6) is 0 Å². The summed E-state index contributed by atoms with van der Waals surface area (Å²) in [6, 6.07) is 25.4. The number of anilines is 1. The van der Waals surface area contributed by atoms with Crippen molar-refractivity contribution in [2.45, 2.75) is 23.4 Å². The molecule has 0 saturated heterocycles. The minimum Gasteiger partial charge on any atom is -0.449 e. The molecule has 0 fully saturated rings. The number of nitrogens with zero attached hydrogens (tertiary/aromatic N) is 3. The van der Waals surface area contributed by atoms with Crippen LogP contribution in [0.4, 0.5) is 10.5 Å². The number of nitriles is 1. The van der Waals surface area contributed by atoms with Crippen molar-refractivity contribution >= 4 is 35.4 Å². The van der Waals surface area contributed by atoms with Gasteiger partial charge in [0.25, 0.3) is 5.91 Å². The van der Waals surface area contributed by atoms with Crippen LogP contribution in [-0.4, -0.2) is 41.3 Å². The van der Waals surface area contributed by atoms with Crippen LogP contribution in [0.1, 0.15) is 38.7 Å². The van der Waals surface area contributed by atoms with E-state index in [-0.39, 0.29) is 42.0 Å². The first-order chi connectivity index (χ1) is 20.4. The summed E-state index contributed by atoms with van der Waals surface area (Å²) in [4.78, 5) is 45.3. The first-order valence-corrected chi connectivity index (χ1v) is 14.3. The van der Waals surface area contributed by atoms with Crippen molar-refractivity contribution in [3.63, 3.8) is 0 Å². The van der Waals surface area contributed by atoms with Crippen molar-refractivity contribution in [2.24, 2.45) is 5.73 Å². The lowest BCUT2D eigenvalue weighted by molar-refractivity contribution is -0.120. The van der Waals surface area contributed by atoms with Gasteiger partial charge in [0.2, 0.25) is 5.91 Å². The minimum atomic E-state index is -0.901. The Balaban J connectivity index is 1.22. The first kappa shape index (κ1) is 27.1. The van der Waals surface area contributed by atoms with E-state index < -0.39 is 18.0 Å². The molecule has 1 aliphatic heterocycles. The Hall–Kier alpha value is -5.14. The lowest BCUT2D eigenvalue weighted by atomic mass is 9.98. The lowest BCUT2D eigenvalue weighted by Gasteiger charge is -2.26. The van der Waals surface area contributed by atoms with Crippen molar-refractivity contribution in [1.29, 1.82) is 5.26 Å². The summed E-state index contributed by atoms with van der Waals surface area (Å²) >= 11 is 1.39. The normalized spacial score (nSPS) is 15.5. The molecule has 4 aromatic rings. The maximum absolute atomic E-state index is 13.9. The first-order valence-electron chi connectivity index (χ1n) is 13.3. The number of nitrogens with one attached hydrogen (secondary N) is 1. The Labute approximate surface area is 246 Å². The number of carbonyl (C=O) groups excluding carboxylic acids is 3. The van der Waals surface area contributed by atoms with E-state index in [1.807, 2.05) is 42.5 Å². The van der Waals surface area contributed by atoms with Crippen molar-refractivity contribution in [3.05, 3.63) is 113 Å². The van der Waals surface area contributed by atoms with Crippen molar-refractivity contribution in [3.8, 4) is 17.2 Å². The summed E-state index contributed by atoms with van der Waals surface area (Å²) in [7, 11) is 0. The molecule has 3 aromatic carbocycles. The summed E-state index contributed by atoms with van der Waals surface area (Å²) < 4.78 is 5.71. The molecular weight excluding hydrogens is 550 g/mol. The van der Waals surface area contributed by atoms with Gasteiger partial charge in [-0.2, -0.15) is 5.26 Å². The number of amides is 3. The summed E-state index contributed by atoms with van der Waals surface area (Å²) in [6.45, 7) is 0.229. The summed E-state index contributed by atoms with van der Waals surface area (Å²) in [6.07, 6.45) is 0.828. The Morgan fingerprint density at radius 1 is 1.05 bits per heavy atom. The van der Waals surface area contributed by atoms with E-state index in [0.29, 0.717) is 11.3 Å². The number of ether oxygens (including phenoxy) is 1. The van der Waals surface area contributed by atoms with E-state index in [9.17, 15) is 14.4 Å². The molecule has 2 heterocycles. The summed E-state index contributed by atoms with van der Waals surface area (Å²) in [5.41, 5.74) is 11.6. The fraction of sp³-hybridized carbons (Fsp3) is 0.156. The number of nitrogens with two attached hydrogens (primary N) is 1. The number of hydrogen-bond donors (Lipinski definition) is 2. The molecule has 3 amide bonds. The maximum atomic E-state index is 13.9. The van der Waals surface area contributed by atoms with Gasteiger partial charge in [0.05, 0.1) is 12.2 Å². The van der Waals surface area contributed by atoms with Gasteiger partial charge in [0.15, 0.2) is 0 Å². The Kier molecular flexibility index (Phi) is 7.33. The number of hydrogen-bond acceptors (Lipinski definition) is 7. The molecule has 208 valence electrons. The minimum absolute atomic E-state index is 0.107. The second kappa shape index (κ2) is 11.4. The topological polar surface area (TPSA) is 138 Å². The lowest BCUT2D eigenvalue weighted by Crippen LogP contribution is -2.49. The molecule has 0 saturated carbocycles. The highest BCUT2D eigenvalue weighted by Gasteiger charge is 2.34. The van der Waals surface area contributed by atoms with E-state index in [1.54, 1.807) is 30.3 Å². The average molecular weight is 576 g/mol. The molecule has 2 aliphatic rings. The van der Waals surface area contributed by atoms with Gasteiger partial charge in [-0.25, -0.2) is 9.78 Å². The maximum Gasteiger partial charge on any atom is 0.407 e. The predicted molar refractivity (Wildman–Crippen MR) is 158 cm³/mol. The quantitative estimate of drug-likeness (QED) is 0.343. The fourth-order valence-corrected chi connectivity index (χ4v) is 6.42. The molecule has 1 aliphatic carbocycles. The number of alkyl carbamates (subject to hydrolysis) is 1. The number of pyridine rings is 1. The van der Waals surface area contributed by atoms with Gasteiger partial charge in [0.1, 0.15) is 24.4 Å². The zero-order valence-electron chi connectivity index (χ0n) is 22.3. The molecule has 0 bridgehead atoms. The Morgan fingerprint density at radius 2 is 1.76 bits per heavy atom. The van der Waals surface area contributed by atoms with Crippen LogP contribution >= 0.6 is 11.8 Å². The Morgan fingerprint density at radius 3 is 2.40 bits per heavy atom. The monoisotopic (exact) mass is 575 g/mol. The number of benzene rings is 3. The number of fused-ring (bicyclic) bond motifs is 4. The third kappa shape index (κ3) is 5.18. The van der Waals surface area contributed by atoms with E-state index in [4.69, 9.17) is 15.7 Å². The molecule has 9 nitrogen and oxygen atoms in total. The van der Waals surface area contributed by atoms with Gasteiger partial charge in [-0.1, -0.05) is 54.6 Å². The molecule has 6 rings (SSSR count). The van der Waals surface area contributed by atoms with Crippen molar-refractivity contribution in [2.75, 3.05) is 17.3 Å². The van der Waals surface area contributed by atoms with Gasteiger partial charge in [0, 0.05) is 28.3 Å². The van der Waals surface area contributed by atoms with Crippen LogP contribution in [-0.2, 0) is 16.1 Å². The van der Waals surface area contributed by atoms with E-state index in [0.717, 1.165) is 27.1 Å². The smallest absolute Gasteiger partial charge is 0.407 e. The zero-order valence-corrected chi connectivity index (χ0v) is 23.1. The van der Waals surface area contributed by atoms with Crippen molar-refractivity contribution in [1.82, 2.24) is 10.3 Å². The molecule has 0 unspecified atom stereocenters. The van der Waals surface area contributed by atoms with Gasteiger partial charge >= 0.3 is 6.09 Å². The van der Waals surface area contributed by atoms with Crippen LogP contribution in [0.3, 0.4) is 0 Å². The largest absolute Gasteiger partial charge is 0.449 e. The third-order valence-corrected chi connectivity index (χ3v) is 8.58. The average Bonchev–Trinajstić information content (AvgIpc) is 3.27. The van der Waals surface area contributed by atoms with Crippen LogP contribution in [0.2, 0.25) is 0 Å². The molecule has 0 radical (unpaired) electrons. The zero-order chi connectivity index (χ0) is 29.2. The SMILES string of the molecule is N#Cc1ccc(CN2C(=O)[C@@H](NC(=O)OCC3c4ccccc4-c4ccccc43)CSc3ccc(C(N)=O)cc32)cn1. The molecule has 42 heavy (non-hydrogen) atoms. The molecule has 1 atom stereocenters. The van der Waals surface area contributed by atoms with Gasteiger partial charge in [-0.05, 0) is 52.1 Å². The van der Waals surface area contributed by atoms with Gasteiger partial charge < -0.3 is 20.7 Å². The molecule has 0 spiro atoms. The standard InChI is InChI=1S/C32H25N5O4S/c33-14-21-11-9-19(15-35-21)16-37-28-13-20(30(34)38)10-12-29(28)42-18-27(31(37)39)36-32(40)41-17-26-24-7-3-1-5-22(24)23-6-2-4-8-25(23)26/h1-13,15,26-27H,16-18H2,(H2,34,38)(H,36,40)/t27-/m0/s1. The van der Waals surface area contributed by atoms with E-state index >= 15 is 0 Å². The molecule has 1 aromatic heterocycles. The van der Waals surface area contributed by atoms with Crippen LogP contribution < -0.4 is 16.0 Å². The van der Waals surface area contributed by atoms with Crippen LogP contribution in [0.25, 0.3) is 11.1 Å². The van der Waals surface area contributed by atoms with E-state index in [2.05, 4.69) is 22.4 Å². The number of primary amides is 1. The fourth-order valence-electron chi connectivity index (χ4n) is 5.37. The van der Waals surface area contributed by atoms with Gasteiger partial charge in [-0.15, -0.1) is 11.8 Å². The molecule has 3 N–H and O–H groups in total. The highest BCUT2D eigenvalue weighted by molar-refractivity contribution is 7.99. The second-order valence-electron chi connectivity index (χ2n) is 9.97. The predicted octanol–water partition coefficient (Wildman–Crippen LogP) is 4.60. The van der Waals surface area contributed by atoms with Crippen molar-refractivity contribution < 1.29 is 19.1 Å². The molecular formula is C32H25N5O4S. The number of rotatable bonds is 6. The Bertz CT molecular complexity index is 1710. The number of carbonyl (C=O) groups is 3. The summed E-state index contributed by atoms with van der Waals surface area (Å²) in [5, 5.41) is 11.9. The third-order valence-electron chi connectivity index (χ3n) is 7.42. The highest BCUT2D eigenvalue weighted by Crippen LogP contribution is 2.44. The van der Waals surface area contributed by atoms with E-state index in [1.165, 1.54) is 22.9 Å².